The molecule has 0 aliphatic carbocycles. The van der Waals surface area contributed by atoms with Crippen molar-refractivity contribution in [2.24, 2.45) is 5.73 Å². The molecule has 2 nitrogen and oxygen atoms in total. The Balaban J connectivity index is 2.27. The van der Waals surface area contributed by atoms with Gasteiger partial charge in [-0.05, 0) is 46.0 Å². The number of aliphatic hydroxyl groups is 1. The fourth-order valence-electron chi connectivity index (χ4n) is 2.90. The van der Waals surface area contributed by atoms with Crippen LogP contribution in [0, 0.1) is 0 Å². The van der Waals surface area contributed by atoms with Crippen LogP contribution in [0.25, 0.3) is 21.5 Å². The standard InChI is InChI=1S/C18H19NO/c19-17(10-5-11-20)18-15-8-3-1-6-13(15)12-14-7-2-4-9-16(14)18/h1-4,6-9,12,17,20H,5,10-11,19H2/t17-/m0/s1. The number of fused-ring (bicyclic) bond motifs is 2. The Morgan fingerprint density at radius 2 is 1.45 bits per heavy atom. The maximum Gasteiger partial charge on any atom is 0.0431 e. The third-order valence-corrected chi connectivity index (χ3v) is 3.86. The molecule has 20 heavy (non-hydrogen) atoms. The van der Waals surface area contributed by atoms with Gasteiger partial charge in [-0.1, -0.05) is 48.5 Å². The number of hydrogen-bond donors (Lipinski definition) is 2. The zero-order chi connectivity index (χ0) is 13.9. The second kappa shape index (κ2) is 5.61. The van der Waals surface area contributed by atoms with Crippen molar-refractivity contribution in [3.63, 3.8) is 0 Å². The highest BCUT2D eigenvalue weighted by atomic mass is 16.2. The Kier molecular flexibility index (Phi) is 3.68. The molecular weight excluding hydrogens is 246 g/mol. The molecule has 0 radical (unpaired) electrons. The molecule has 3 N–H and O–H groups in total. The maximum absolute atomic E-state index is 9.03. The summed E-state index contributed by atoms with van der Waals surface area (Å²) in [6.07, 6.45) is 1.53. The molecule has 0 saturated carbocycles. The van der Waals surface area contributed by atoms with Crippen LogP contribution in [-0.2, 0) is 0 Å². The van der Waals surface area contributed by atoms with E-state index in [4.69, 9.17) is 10.8 Å². The van der Waals surface area contributed by atoms with Gasteiger partial charge >= 0.3 is 0 Å². The molecule has 102 valence electrons. The highest BCUT2D eigenvalue weighted by molar-refractivity contribution is 6.02. The van der Waals surface area contributed by atoms with E-state index >= 15 is 0 Å². The summed E-state index contributed by atoms with van der Waals surface area (Å²) in [5, 5.41) is 13.9. The minimum Gasteiger partial charge on any atom is -0.396 e. The third-order valence-electron chi connectivity index (χ3n) is 3.86. The Morgan fingerprint density at radius 3 is 2.00 bits per heavy atom. The van der Waals surface area contributed by atoms with E-state index in [0.717, 1.165) is 12.8 Å². The summed E-state index contributed by atoms with van der Waals surface area (Å²) in [6, 6.07) is 18.9. The molecule has 0 aliphatic rings. The average molecular weight is 265 g/mol. The summed E-state index contributed by atoms with van der Waals surface area (Å²) in [5.41, 5.74) is 7.60. The molecule has 0 spiro atoms. The molecule has 2 heteroatoms. The van der Waals surface area contributed by atoms with Gasteiger partial charge in [0, 0.05) is 12.6 Å². The summed E-state index contributed by atoms with van der Waals surface area (Å²) < 4.78 is 0. The number of benzene rings is 3. The molecule has 0 saturated heterocycles. The van der Waals surface area contributed by atoms with Crippen LogP contribution in [0.1, 0.15) is 24.4 Å². The number of nitrogens with two attached hydrogens (primary N) is 1. The summed E-state index contributed by atoms with van der Waals surface area (Å²) in [6.45, 7) is 0.191. The first kappa shape index (κ1) is 13.1. The normalized spacial score (nSPS) is 12.9. The smallest absolute Gasteiger partial charge is 0.0431 e. The van der Waals surface area contributed by atoms with Gasteiger partial charge in [-0.25, -0.2) is 0 Å². The molecule has 3 aromatic rings. The van der Waals surface area contributed by atoms with Gasteiger partial charge in [0.2, 0.25) is 0 Å². The van der Waals surface area contributed by atoms with Gasteiger partial charge in [0.25, 0.3) is 0 Å². The summed E-state index contributed by atoms with van der Waals surface area (Å²) in [7, 11) is 0. The monoisotopic (exact) mass is 265 g/mol. The highest BCUT2D eigenvalue weighted by Crippen LogP contribution is 2.33. The van der Waals surface area contributed by atoms with Crippen molar-refractivity contribution in [3.05, 3.63) is 60.2 Å². The van der Waals surface area contributed by atoms with Crippen LogP contribution in [0.4, 0.5) is 0 Å². The summed E-state index contributed by atoms with van der Waals surface area (Å²) in [5.74, 6) is 0. The van der Waals surface area contributed by atoms with Crippen LogP contribution in [0.2, 0.25) is 0 Å². The van der Waals surface area contributed by atoms with Crippen LogP contribution in [0.5, 0.6) is 0 Å². The first-order valence-electron chi connectivity index (χ1n) is 7.08. The van der Waals surface area contributed by atoms with E-state index in [9.17, 15) is 0 Å². The van der Waals surface area contributed by atoms with Gasteiger partial charge in [0.05, 0.1) is 0 Å². The average Bonchev–Trinajstić information content (AvgIpc) is 2.50. The Morgan fingerprint density at radius 1 is 0.900 bits per heavy atom. The van der Waals surface area contributed by atoms with Crippen molar-refractivity contribution >= 4 is 21.5 Å². The molecule has 0 bridgehead atoms. The molecule has 3 aromatic carbocycles. The molecule has 0 fully saturated rings. The van der Waals surface area contributed by atoms with Crippen LogP contribution in [-0.4, -0.2) is 11.7 Å². The fourth-order valence-corrected chi connectivity index (χ4v) is 2.90. The van der Waals surface area contributed by atoms with Crippen molar-refractivity contribution in [3.8, 4) is 0 Å². The van der Waals surface area contributed by atoms with Crippen LogP contribution in [0.15, 0.2) is 54.6 Å². The quantitative estimate of drug-likeness (QED) is 0.705. The molecule has 0 heterocycles. The topological polar surface area (TPSA) is 46.2 Å². The number of rotatable bonds is 4. The molecule has 0 amide bonds. The molecular formula is C18H19NO. The van der Waals surface area contributed by atoms with Crippen LogP contribution in [0.3, 0.4) is 0 Å². The van der Waals surface area contributed by atoms with E-state index < -0.39 is 0 Å². The predicted molar refractivity (Wildman–Crippen MR) is 84.7 cm³/mol. The fraction of sp³-hybridized carbons (Fsp3) is 0.222. The van der Waals surface area contributed by atoms with Crippen molar-refractivity contribution in [1.82, 2.24) is 0 Å². The Bertz CT molecular complexity index is 682. The van der Waals surface area contributed by atoms with E-state index in [1.54, 1.807) is 0 Å². The van der Waals surface area contributed by atoms with E-state index in [-0.39, 0.29) is 12.6 Å². The van der Waals surface area contributed by atoms with Gasteiger partial charge < -0.3 is 10.8 Å². The Hall–Kier alpha value is -1.90. The Labute approximate surface area is 118 Å². The first-order valence-corrected chi connectivity index (χ1v) is 7.08. The largest absolute Gasteiger partial charge is 0.396 e. The van der Waals surface area contributed by atoms with E-state index in [1.807, 2.05) is 0 Å². The van der Waals surface area contributed by atoms with Gasteiger partial charge in [0.15, 0.2) is 0 Å². The zero-order valence-corrected chi connectivity index (χ0v) is 11.4. The summed E-state index contributed by atoms with van der Waals surface area (Å²) >= 11 is 0. The SMILES string of the molecule is N[C@@H](CCCO)c1c2ccccc2cc2ccccc12. The van der Waals surface area contributed by atoms with Crippen molar-refractivity contribution in [1.29, 1.82) is 0 Å². The minimum atomic E-state index is -0.0434. The predicted octanol–water partition coefficient (Wildman–Crippen LogP) is 3.77. The molecule has 0 unspecified atom stereocenters. The van der Waals surface area contributed by atoms with E-state index in [0.29, 0.717) is 0 Å². The lowest BCUT2D eigenvalue weighted by Gasteiger charge is -2.17. The van der Waals surface area contributed by atoms with Crippen molar-refractivity contribution < 1.29 is 5.11 Å². The lowest BCUT2D eigenvalue weighted by molar-refractivity contribution is 0.280. The van der Waals surface area contributed by atoms with E-state index in [1.165, 1.54) is 27.1 Å². The van der Waals surface area contributed by atoms with Gasteiger partial charge in [-0.2, -0.15) is 0 Å². The molecule has 3 rings (SSSR count). The second-order valence-corrected chi connectivity index (χ2v) is 5.20. The second-order valence-electron chi connectivity index (χ2n) is 5.20. The zero-order valence-electron chi connectivity index (χ0n) is 11.4. The minimum absolute atomic E-state index is 0.0434. The highest BCUT2D eigenvalue weighted by Gasteiger charge is 2.13. The number of hydrogen-bond acceptors (Lipinski definition) is 2. The van der Waals surface area contributed by atoms with Gasteiger partial charge in [-0.15, -0.1) is 0 Å². The van der Waals surface area contributed by atoms with Crippen molar-refractivity contribution in [2.75, 3.05) is 6.61 Å². The maximum atomic E-state index is 9.03. The van der Waals surface area contributed by atoms with Crippen LogP contribution < -0.4 is 5.73 Å². The molecule has 0 aliphatic heterocycles. The molecule has 0 aromatic heterocycles. The molecule has 1 atom stereocenters. The lowest BCUT2D eigenvalue weighted by Crippen LogP contribution is -2.12. The first-order chi connectivity index (χ1) is 9.81. The lowest BCUT2D eigenvalue weighted by atomic mass is 9.91. The van der Waals surface area contributed by atoms with E-state index in [2.05, 4.69) is 54.6 Å². The van der Waals surface area contributed by atoms with Crippen molar-refractivity contribution in [2.45, 2.75) is 18.9 Å². The van der Waals surface area contributed by atoms with Gasteiger partial charge in [-0.3, -0.25) is 0 Å². The number of aliphatic hydroxyl groups excluding tert-OH is 1. The van der Waals surface area contributed by atoms with Crippen LogP contribution >= 0.6 is 0 Å². The van der Waals surface area contributed by atoms with Gasteiger partial charge in [0.1, 0.15) is 0 Å². The summed E-state index contributed by atoms with van der Waals surface area (Å²) in [4.78, 5) is 0. The third kappa shape index (κ3) is 2.28.